The van der Waals surface area contributed by atoms with Gasteiger partial charge in [0.05, 0.1) is 13.2 Å². The standard InChI is InChI=1S/C38H62O2/c1-3-5-7-9-11-13-15-17-19-25-31-39-37-33-27-21-23-29-35(33)38(36-30-24-22-28-34(36)37)40-32-26-20-18-16-14-12-10-8-6-4-2/h21,23,27,29H,3-20,22,24-26,28,30-32H2,1-2H3. The van der Waals surface area contributed by atoms with Crippen molar-refractivity contribution in [1.82, 2.24) is 0 Å². The van der Waals surface area contributed by atoms with Gasteiger partial charge >= 0.3 is 0 Å². The molecule has 0 N–H and O–H groups in total. The van der Waals surface area contributed by atoms with Gasteiger partial charge in [0.25, 0.3) is 0 Å². The molecule has 2 heteroatoms. The van der Waals surface area contributed by atoms with Gasteiger partial charge in [0.1, 0.15) is 11.5 Å². The van der Waals surface area contributed by atoms with Crippen molar-refractivity contribution in [2.45, 2.75) is 168 Å². The molecule has 2 aromatic carbocycles. The van der Waals surface area contributed by atoms with Crippen molar-refractivity contribution in [3.05, 3.63) is 35.4 Å². The zero-order valence-electron chi connectivity index (χ0n) is 26.5. The van der Waals surface area contributed by atoms with Crippen molar-refractivity contribution in [2.75, 3.05) is 13.2 Å². The van der Waals surface area contributed by atoms with Crippen molar-refractivity contribution >= 4 is 10.8 Å². The smallest absolute Gasteiger partial charge is 0.130 e. The van der Waals surface area contributed by atoms with Crippen molar-refractivity contribution in [3.63, 3.8) is 0 Å². The minimum absolute atomic E-state index is 0.839. The van der Waals surface area contributed by atoms with Gasteiger partial charge in [0.2, 0.25) is 0 Å². The summed E-state index contributed by atoms with van der Waals surface area (Å²) in [5.74, 6) is 2.32. The van der Waals surface area contributed by atoms with Crippen molar-refractivity contribution in [3.8, 4) is 11.5 Å². The van der Waals surface area contributed by atoms with E-state index in [1.54, 1.807) is 0 Å². The molecule has 1 aliphatic carbocycles. The summed E-state index contributed by atoms with van der Waals surface area (Å²) in [5, 5.41) is 2.52. The topological polar surface area (TPSA) is 18.5 Å². The van der Waals surface area contributed by atoms with Gasteiger partial charge in [-0.15, -0.1) is 0 Å². The number of rotatable bonds is 24. The Morgan fingerprint density at radius 3 is 1.12 bits per heavy atom. The van der Waals surface area contributed by atoms with Gasteiger partial charge in [-0.2, -0.15) is 0 Å². The van der Waals surface area contributed by atoms with Crippen LogP contribution in [0.15, 0.2) is 24.3 Å². The first-order chi connectivity index (χ1) is 19.9. The number of fused-ring (bicyclic) bond motifs is 2. The third-order valence-electron chi connectivity index (χ3n) is 8.92. The number of hydrogen-bond acceptors (Lipinski definition) is 2. The number of ether oxygens (including phenoxy) is 2. The van der Waals surface area contributed by atoms with E-state index in [4.69, 9.17) is 9.47 Å². The van der Waals surface area contributed by atoms with E-state index in [9.17, 15) is 0 Å². The molecule has 3 rings (SSSR count). The third-order valence-corrected chi connectivity index (χ3v) is 8.92. The van der Waals surface area contributed by atoms with E-state index < -0.39 is 0 Å². The van der Waals surface area contributed by atoms with Crippen LogP contribution in [-0.4, -0.2) is 13.2 Å². The second-order valence-electron chi connectivity index (χ2n) is 12.4. The van der Waals surface area contributed by atoms with E-state index in [1.807, 2.05) is 0 Å². The van der Waals surface area contributed by atoms with Crippen molar-refractivity contribution < 1.29 is 9.47 Å². The predicted octanol–water partition coefficient (Wildman–Crippen LogP) is 12.3. The maximum Gasteiger partial charge on any atom is 0.130 e. The van der Waals surface area contributed by atoms with Crippen molar-refractivity contribution in [1.29, 1.82) is 0 Å². The summed E-state index contributed by atoms with van der Waals surface area (Å²) in [6.07, 6.45) is 32.0. The molecule has 2 aromatic rings. The summed E-state index contributed by atoms with van der Waals surface area (Å²) in [5.41, 5.74) is 2.88. The molecule has 0 amide bonds. The van der Waals surface area contributed by atoms with Gasteiger partial charge in [0, 0.05) is 21.9 Å². The Bertz CT molecular complexity index is 843. The van der Waals surface area contributed by atoms with Crippen LogP contribution >= 0.6 is 0 Å². The number of hydrogen-bond donors (Lipinski definition) is 0. The highest BCUT2D eigenvalue weighted by atomic mass is 16.5. The molecule has 0 bridgehead atoms. The molecule has 0 heterocycles. The van der Waals surface area contributed by atoms with E-state index in [-0.39, 0.29) is 0 Å². The molecule has 0 aliphatic heterocycles. The third kappa shape index (κ3) is 11.7. The molecule has 1 aliphatic rings. The number of unbranched alkanes of at least 4 members (excludes halogenated alkanes) is 18. The fourth-order valence-electron chi connectivity index (χ4n) is 6.47. The second-order valence-corrected chi connectivity index (χ2v) is 12.4. The summed E-state index contributed by atoms with van der Waals surface area (Å²) in [6.45, 7) is 6.27. The SMILES string of the molecule is CCCCCCCCCCCCOc1c2c(c(OCCCCCCCCCCCC)c3ccccc13)CCCC2. The molecule has 0 saturated carbocycles. The van der Waals surface area contributed by atoms with Gasteiger partial charge in [-0.25, -0.2) is 0 Å². The summed E-state index contributed by atoms with van der Waals surface area (Å²) in [4.78, 5) is 0. The van der Waals surface area contributed by atoms with Crippen LogP contribution in [0.2, 0.25) is 0 Å². The Morgan fingerprint density at radius 2 is 0.775 bits per heavy atom. The van der Waals surface area contributed by atoms with Crippen LogP contribution in [0, 0.1) is 0 Å². The Balaban J connectivity index is 1.45. The lowest BCUT2D eigenvalue weighted by Crippen LogP contribution is -2.11. The molecular formula is C38H62O2. The van der Waals surface area contributed by atoms with E-state index >= 15 is 0 Å². The molecule has 0 aromatic heterocycles. The average molecular weight is 551 g/mol. The van der Waals surface area contributed by atoms with Crippen LogP contribution in [-0.2, 0) is 12.8 Å². The van der Waals surface area contributed by atoms with E-state index in [1.165, 1.54) is 150 Å². The zero-order chi connectivity index (χ0) is 28.1. The maximum absolute atomic E-state index is 6.60. The van der Waals surface area contributed by atoms with E-state index in [2.05, 4.69) is 38.1 Å². The molecule has 0 fully saturated rings. The first-order valence-electron chi connectivity index (χ1n) is 17.7. The van der Waals surface area contributed by atoms with E-state index in [0.29, 0.717) is 0 Å². The summed E-state index contributed by atoms with van der Waals surface area (Å²) in [7, 11) is 0. The van der Waals surface area contributed by atoms with Crippen LogP contribution < -0.4 is 9.47 Å². The van der Waals surface area contributed by atoms with Gasteiger partial charge in [0.15, 0.2) is 0 Å². The van der Waals surface area contributed by atoms with E-state index in [0.717, 1.165) is 50.4 Å². The lowest BCUT2D eigenvalue weighted by molar-refractivity contribution is 0.294. The fourth-order valence-corrected chi connectivity index (χ4v) is 6.47. The van der Waals surface area contributed by atoms with Gasteiger partial charge in [-0.1, -0.05) is 154 Å². The molecule has 0 saturated heterocycles. The zero-order valence-corrected chi connectivity index (χ0v) is 26.5. The Hall–Kier alpha value is -1.70. The van der Waals surface area contributed by atoms with Gasteiger partial charge in [-0.3, -0.25) is 0 Å². The summed E-state index contributed by atoms with van der Waals surface area (Å²) in [6, 6.07) is 8.84. The highest BCUT2D eigenvalue weighted by molar-refractivity contribution is 5.96. The Kier molecular flexibility index (Phi) is 17.3. The Labute approximate surface area is 248 Å². The van der Waals surface area contributed by atoms with Crippen LogP contribution in [0.5, 0.6) is 11.5 Å². The molecular weight excluding hydrogens is 488 g/mol. The minimum Gasteiger partial charge on any atom is -0.493 e. The molecule has 0 unspecified atom stereocenters. The monoisotopic (exact) mass is 550 g/mol. The Morgan fingerprint density at radius 1 is 0.450 bits per heavy atom. The maximum atomic E-state index is 6.60. The summed E-state index contributed by atoms with van der Waals surface area (Å²) >= 11 is 0. The molecule has 0 atom stereocenters. The lowest BCUT2D eigenvalue weighted by atomic mass is 9.87. The molecule has 0 radical (unpaired) electrons. The lowest BCUT2D eigenvalue weighted by Gasteiger charge is -2.25. The average Bonchev–Trinajstić information content (AvgIpc) is 2.99. The molecule has 2 nitrogen and oxygen atoms in total. The van der Waals surface area contributed by atoms with Gasteiger partial charge < -0.3 is 9.47 Å². The van der Waals surface area contributed by atoms with Crippen molar-refractivity contribution in [2.24, 2.45) is 0 Å². The molecule has 40 heavy (non-hydrogen) atoms. The normalized spacial score (nSPS) is 13.1. The highest BCUT2D eigenvalue weighted by Gasteiger charge is 2.23. The summed E-state index contributed by atoms with van der Waals surface area (Å²) < 4.78 is 13.2. The second kappa shape index (κ2) is 21.1. The first kappa shape index (κ1) is 32.8. The van der Waals surface area contributed by atoms with Crippen LogP contribution in [0.4, 0.5) is 0 Å². The minimum atomic E-state index is 0.839. The largest absolute Gasteiger partial charge is 0.493 e. The highest BCUT2D eigenvalue weighted by Crippen LogP contribution is 2.44. The van der Waals surface area contributed by atoms with Gasteiger partial charge in [-0.05, 0) is 38.5 Å². The first-order valence-corrected chi connectivity index (χ1v) is 17.7. The fraction of sp³-hybridized carbons (Fsp3) is 0.737. The number of benzene rings is 2. The van der Waals surface area contributed by atoms with Crippen LogP contribution in [0.25, 0.3) is 10.8 Å². The molecule has 226 valence electrons. The predicted molar refractivity (Wildman–Crippen MR) is 175 cm³/mol. The molecule has 0 spiro atoms. The quantitative estimate of drug-likeness (QED) is 0.121. The van der Waals surface area contributed by atoms with Crippen LogP contribution in [0.3, 0.4) is 0 Å². The van der Waals surface area contributed by atoms with Crippen LogP contribution in [0.1, 0.15) is 166 Å².